The van der Waals surface area contributed by atoms with Gasteiger partial charge >= 0.3 is 6.09 Å². The molecule has 6 rings (SSSR count). The molecule has 1 unspecified atom stereocenters. The Morgan fingerprint density at radius 1 is 1.22 bits per heavy atom. The molecule has 1 N–H and O–H groups in total. The summed E-state index contributed by atoms with van der Waals surface area (Å²) in [6, 6.07) is 8.23. The number of ether oxygens (including phenoxy) is 2. The number of nitrogens with one attached hydrogen (secondary N) is 1. The summed E-state index contributed by atoms with van der Waals surface area (Å²) in [7, 11) is 0. The number of benzene rings is 1. The van der Waals surface area contributed by atoms with E-state index in [4.69, 9.17) is 14.6 Å². The highest BCUT2D eigenvalue weighted by atomic mass is 16.6. The molecule has 4 heterocycles. The van der Waals surface area contributed by atoms with Crippen molar-refractivity contribution in [2.45, 2.75) is 51.2 Å². The van der Waals surface area contributed by atoms with Crippen LogP contribution in [0, 0.1) is 18.8 Å². The minimum atomic E-state index is -0.437. The Morgan fingerprint density at radius 2 is 2.03 bits per heavy atom. The Balaban J connectivity index is 1.29. The summed E-state index contributed by atoms with van der Waals surface area (Å²) in [4.78, 5) is 14.4. The zero-order valence-electron chi connectivity index (χ0n) is 18.8. The zero-order chi connectivity index (χ0) is 21.7. The van der Waals surface area contributed by atoms with Gasteiger partial charge in [0.15, 0.2) is 0 Å². The first-order chi connectivity index (χ1) is 15.6. The van der Waals surface area contributed by atoms with E-state index < -0.39 is 5.60 Å². The number of carbonyl (C=O) groups excluding carboxylic acids is 1. The van der Waals surface area contributed by atoms with E-state index in [0.717, 1.165) is 49.5 Å². The molecule has 4 aliphatic rings. The van der Waals surface area contributed by atoms with Gasteiger partial charge < -0.3 is 19.7 Å². The van der Waals surface area contributed by atoms with Crippen LogP contribution in [0.5, 0.6) is 5.75 Å². The van der Waals surface area contributed by atoms with Gasteiger partial charge in [-0.25, -0.2) is 4.79 Å². The third-order valence-electron chi connectivity index (χ3n) is 7.67. The highest BCUT2D eigenvalue weighted by Gasteiger charge is 2.47. The molecule has 0 radical (unpaired) electrons. The lowest BCUT2D eigenvalue weighted by Crippen LogP contribution is -2.49. The Kier molecular flexibility index (Phi) is 4.90. The lowest BCUT2D eigenvalue weighted by molar-refractivity contribution is -0.00647. The van der Waals surface area contributed by atoms with Gasteiger partial charge in [0, 0.05) is 49.3 Å². The molecule has 1 atom stereocenters. The molecule has 2 aromatic rings. The monoisotopic (exact) mass is 436 g/mol. The van der Waals surface area contributed by atoms with Crippen molar-refractivity contribution in [3.8, 4) is 17.0 Å². The molecule has 1 amide bonds. The van der Waals surface area contributed by atoms with E-state index in [1.807, 2.05) is 17.0 Å². The molecule has 7 heteroatoms. The van der Waals surface area contributed by atoms with Crippen LogP contribution in [0.2, 0.25) is 0 Å². The Hall–Kier alpha value is -2.54. The van der Waals surface area contributed by atoms with Gasteiger partial charge in [0.1, 0.15) is 17.0 Å². The summed E-state index contributed by atoms with van der Waals surface area (Å²) in [5.74, 6) is 2.10. The van der Waals surface area contributed by atoms with Crippen LogP contribution in [0.1, 0.15) is 43.4 Å². The van der Waals surface area contributed by atoms with Crippen LogP contribution >= 0.6 is 0 Å². The largest absolute Gasteiger partial charge is 0.482 e. The number of amides is 1. The third kappa shape index (κ3) is 3.47. The topological polar surface area (TPSA) is 68.6 Å². The smallest absolute Gasteiger partial charge is 0.409 e. The van der Waals surface area contributed by atoms with Crippen molar-refractivity contribution in [3.05, 3.63) is 35.5 Å². The Bertz CT molecular complexity index is 1010. The van der Waals surface area contributed by atoms with Crippen LogP contribution in [-0.2, 0) is 16.9 Å². The minimum absolute atomic E-state index is 0.177. The highest BCUT2D eigenvalue weighted by molar-refractivity contribution is 5.74. The molecule has 0 bridgehead atoms. The predicted molar refractivity (Wildman–Crippen MR) is 121 cm³/mol. The molecule has 32 heavy (non-hydrogen) atoms. The summed E-state index contributed by atoms with van der Waals surface area (Å²) in [6.45, 7) is 7.11. The number of rotatable bonds is 4. The maximum Gasteiger partial charge on any atom is 0.409 e. The van der Waals surface area contributed by atoms with Crippen LogP contribution in [0.4, 0.5) is 4.79 Å². The first kappa shape index (κ1) is 20.1. The second-order valence-corrected chi connectivity index (χ2v) is 9.95. The van der Waals surface area contributed by atoms with Gasteiger partial charge in [-0.05, 0) is 63.2 Å². The number of para-hydroxylation sites is 1. The number of nitrogens with zero attached hydrogens (tertiary/aromatic N) is 3. The second-order valence-electron chi connectivity index (χ2n) is 9.95. The molecule has 7 nitrogen and oxygen atoms in total. The molecule has 1 saturated carbocycles. The summed E-state index contributed by atoms with van der Waals surface area (Å²) in [5, 5.41) is 8.59. The minimum Gasteiger partial charge on any atom is -0.482 e. The van der Waals surface area contributed by atoms with Crippen molar-refractivity contribution in [2.75, 3.05) is 32.8 Å². The van der Waals surface area contributed by atoms with E-state index in [9.17, 15) is 4.79 Å². The van der Waals surface area contributed by atoms with Crippen molar-refractivity contribution < 1.29 is 14.3 Å². The van der Waals surface area contributed by atoms with Crippen LogP contribution < -0.4 is 10.1 Å². The molecular weight excluding hydrogens is 404 g/mol. The van der Waals surface area contributed by atoms with Crippen LogP contribution in [-0.4, -0.2) is 53.6 Å². The number of fused-ring (bicyclic) bond motifs is 4. The van der Waals surface area contributed by atoms with E-state index in [1.165, 1.54) is 30.5 Å². The van der Waals surface area contributed by atoms with Gasteiger partial charge in [0.05, 0.1) is 6.61 Å². The number of likely N-dealkylation sites (tertiary alicyclic amines) is 1. The van der Waals surface area contributed by atoms with E-state index in [1.54, 1.807) is 0 Å². The molecule has 170 valence electrons. The van der Waals surface area contributed by atoms with Gasteiger partial charge in [0.25, 0.3) is 0 Å². The number of carbonyl (C=O) groups is 1. The maximum absolute atomic E-state index is 12.6. The van der Waals surface area contributed by atoms with Crippen LogP contribution in [0.3, 0.4) is 0 Å². The average molecular weight is 437 g/mol. The number of hydrogen-bond acceptors (Lipinski definition) is 5. The Morgan fingerprint density at radius 3 is 2.78 bits per heavy atom. The summed E-state index contributed by atoms with van der Waals surface area (Å²) in [6.07, 6.45) is 4.90. The summed E-state index contributed by atoms with van der Waals surface area (Å²) < 4.78 is 14.5. The zero-order valence-corrected chi connectivity index (χ0v) is 18.8. The van der Waals surface area contributed by atoms with E-state index >= 15 is 0 Å². The lowest BCUT2D eigenvalue weighted by atomic mass is 9.79. The van der Waals surface area contributed by atoms with Gasteiger partial charge in [-0.2, -0.15) is 5.10 Å². The normalized spacial score (nSPS) is 23.5. The quantitative estimate of drug-likeness (QED) is 0.792. The van der Waals surface area contributed by atoms with Crippen molar-refractivity contribution >= 4 is 6.09 Å². The van der Waals surface area contributed by atoms with Crippen LogP contribution in [0.15, 0.2) is 24.3 Å². The van der Waals surface area contributed by atoms with Crippen LogP contribution in [0.25, 0.3) is 11.3 Å². The molecule has 1 aromatic carbocycles. The summed E-state index contributed by atoms with van der Waals surface area (Å²) >= 11 is 0. The van der Waals surface area contributed by atoms with Gasteiger partial charge in [-0.15, -0.1) is 0 Å². The number of hydrogen-bond donors (Lipinski definition) is 1. The standard InChI is InChI=1S/C25H32N4O3/c1-17-22-23(27-29(17)15-19-8-11-26-14-19)20-4-2-3-5-21(20)32-25(22)9-12-28(13-10-25)24(30)31-16-18-6-7-18/h2-5,18-19,26H,6-16H2,1H3. The van der Waals surface area contributed by atoms with E-state index in [0.29, 0.717) is 31.5 Å². The van der Waals surface area contributed by atoms with E-state index in [-0.39, 0.29) is 6.09 Å². The SMILES string of the molecule is Cc1c2c(nn1CC1CCNC1)-c1ccccc1OC21CCN(C(=O)OCC2CC2)CC1. The molecule has 2 saturated heterocycles. The van der Waals surface area contributed by atoms with Gasteiger partial charge in [0.2, 0.25) is 0 Å². The fourth-order valence-corrected chi connectivity index (χ4v) is 5.55. The lowest BCUT2D eigenvalue weighted by Gasteiger charge is -2.44. The first-order valence-corrected chi connectivity index (χ1v) is 12.1. The molecule has 3 aliphatic heterocycles. The molecule has 1 aliphatic carbocycles. The van der Waals surface area contributed by atoms with Crippen molar-refractivity contribution in [1.29, 1.82) is 0 Å². The first-order valence-electron chi connectivity index (χ1n) is 12.1. The molecule has 1 aromatic heterocycles. The third-order valence-corrected chi connectivity index (χ3v) is 7.67. The second kappa shape index (κ2) is 7.80. The van der Waals surface area contributed by atoms with Crippen molar-refractivity contribution in [2.24, 2.45) is 11.8 Å². The van der Waals surface area contributed by atoms with E-state index in [2.05, 4.69) is 29.1 Å². The molecule has 3 fully saturated rings. The predicted octanol–water partition coefficient (Wildman–Crippen LogP) is 3.70. The average Bonchev–Trinajstić information content (AvgIpc) is 3.39. The highest BCUT2D eigenvalue weighted by Crippen LogP contribution is 2.50. The van der Waals surface area contributed by atoms with Crippen molar-refractivity contribution in [3.63, 3.8) is 0 Å². The number of piperidine rings is 1. The Labute approximate surface area is 189 Å². The van der Waals surface area contributed by atoms with Gasteiger partial charge in [-0.3, -0.25) is 4.68 Å². The fourth-order valence-electron chi connectivity index (χ4n) is 5.55. The number of aromatic nitrogens is 2. The van der Waals surface area contributed by atoms with Crippen molar-refractivity contribution in [1.82, 2.24) is 20.0 Å². The fraction of sp³-hybridized carbons (Fsp3) is 0.600. The molecule has 1 spiro atoms. The molecular formula is C25H32N4O3. The maximum atomic E-state index is 12.6. The van der Waals surface area contributed by atoms with Gasteiger partial charge in [-0.1, -0.05) is 12.1 Å². The summed E-state index contributed by atoms with van der Waals surface area (Å²) in [5.41, 5.74) is 4.11.